The first kappa shape index (κ1) is 19.9. The van der Waals surface area contributed by atoms with Crippen molar-refractivity contribution < 1.29 is 13.9 Å². The van der Waals surface area contributed by atoms with Crippen LogP contribution < -0.4 is 4.90 Å². The zero-order valence-electron chi connectivity index (χ0n) is 15.4. The van der Waals surface area contributed by atoms with Gasteiger partial charge in [-0.1, -0.05) is 54.1 Å². The molecule has 0 aliphatic carbocycles. The molecule has 148 valence electrons. The van der Waals surface area contributed by atoms with E-state index in [-0.39, 0.29) is 18.5 Å². The van der Waals surface area contributed by atoms with Crippen molar-refractivity contribution in [2.24, 2.45) is 0 Å². The van der Waals surface area contributed by atoms with E-state index in [1.807, 2.05) is 48.5 Å². The van der Waals surface area contributed by atoms with Gasteiger partial charge in [-0.3, -0.25) is 4.90 Å². The number of hydrogen-bond donors (Lipinski definition) is 0. The third kappa shape index (κ3) is 4.31. The molecule has 0 saturated carbocycles. The number of anilines is 1. The number of carbonyl (C=O) groups excluding carboxylic acids is 1. The molecule has 1 aliphatic heterocycles. The van der Waals surface area contributed by atoms with Gasteiger partial charge in [0.05, 0.1) is 16.8 Å². The zero-order valence-corrected chi connectivity index (χ0v) is 17.8. The highest BCUT2D eigenvalue weighted by Gasteiger charge is 2.34. The van der Waals surface area contributed by atoms with E-state index in [9.17, 15) is 9.18 Å². The number of amides is 1. The Morgan fingerprint density at radius 1 is 1.14 bits per heavy atom. The second-order valence-electron chi connectivity index (χ2n) is 6.91. The maximum atomic E-state index is 13.9. The Morgan fingerprint density at radius 3 is 2.69 bits per heavy atom. The maximum absolute atomic E-state index is 13.9. The Bertz CT molecular complexity index is 1040. The average Bonchev–Trinajstić information content (AvgIpc) is 2.73. The molecule has 0 aromatic heterocycles. The first-order valence-electron chi connectivity index (χ1n) is 9.26. The van der Waals surface area contributed by atoms with Crippen molar-refractivity contribution in [2.75, 3.05) is 4.90 Å². The number of aryl methyl sites for hydroxylation is 1. The standard InChI is InChI=1S/C23H18BrClFNO2/c24-19-13-22-17(12-20(19)25)9-10-21(16-7-4-8-18(26)11-16)27(22)23(28)29-14-15-5-2-1-3-6-15/h1-8,11-13,21H,9-10,14H2. The van der Waals surface area contributed by atoms with E-state index in [0.717, 1.165) is 28.8 Å². The van der Waals surface area contributed by atoms with Gasteiger partial charge >= 0.3 is 6.09 Å². The van der Waals surface area contributed by atoms with Crippen LogP contribution in [0.15, 0.2) is 71.2 Å². The van der Waals surface area contributed by atoms with E-state index in [2.05, 4.69) is 15.9 Å². The van der Waals surface area contributed by atoms with Crippen molar-refractivity contribution in [3.8, 4) is 0 Å². The van der Waals surface area contributed by atoms with E-state index in [4.69, 9.17) is 16.3 Å². The van der Waals surface area contributed by atoms with Crippen molar-refractivity contribution in [1.29, 1.82) is 0 Å². The number of ether oxygens (including phenoxy) is 1. The molecule has 0 radical (unpaired) electrons. The quantitative estimate of drug-likeness (QED) is 0.406. The van der Waals surface area contributed by atoms with Gasteiger partial charge < -0.3 is 4.74 Å². The molecular formula is C23H18BrClFNO2. The maximum Gasteiger partial charge on any atom is 0.415 e. The molecule has 0 spiro atoms. The average molecular weight is 475 g/mol. The first-order chi connectivity index (χ1) is 14.0. The summed E-state index contributed by atoms with van der Waals surface area (Å²) in [7, 11) is 0. The lowest BCUT2D eigenvalue weighted by molar-refractivity contribution is 0.143. The van der Waals surface area contributed by atoms with Crippen LogP contribution in [-0.4, -0.2) is 6.09 Å². The van der Waals surface area contributed by atoms with E-state index in [1.54, 1.807) is 11.0 Å². The molecular weight excluding hydrogens is 457 g/mol. The highest BCUT2D eigenvalue weighted by Crippen LogP contribution is 2.42. The van der Waals surface area contributed by atoms with Gasteiger partial charge in [-0.25, -0.2) is 9.18 Å². The molecule has 1 atom stereocenters. The van der Waals surface area contributed by atoms with Gasteiger partial charge in [-0.15, -0.1) is 0 Å². The summed E-state index contributed by atoms with van der Waals surface area (Å²) in [6, 6.07) is 19.2. The van der Waals surface area contributed by atoms with Gasteiger partial charge in [0, 0.05) is 4.47 Å². The van der Waals surface area contributed by atoms with Crippen molar-refractivity contribution >= 4 is 39.3 Å². The lowest BCUT2D eigenvalue weighted by Gasteiger charge is -2.37. The largest absolute Gasteiger partial charge is 0.444 e. The van der Waals surface area contributed by atoms with Gasteiger partial charge in [0.25, 0.3) is 0 Å². The van der Waals surface area contributed by atoms with Crippen LogP contribution in [0, 0.1) is 5.82 Å². The molecule has 1 amide bonds. The lowest BCUT2D eigenvalue weighted by Crippen LogP contribution is -2.39. The smallest absolute Gasteiger partial charge is 0.415 e. The third-order valence-electron chi connectivity index (χ3n) is 5.02. The summed E-state index contributed by atoms with van der Waals surface area (Å²) >= 11 is 9.70. The molecule has 1 heterocycles. The van der Waals surface area contributed by atoms with Crippen LogP contribution in [0.5, 0.6) is 0 Å². The predicted octanol–water partition coefficient (Wildman–Crippen LogP) is 7.07. The molecule has 29 heavy (non-hydrogen) atoms. The minimum absolute atomic E-state index is 0.163. The summed E-state index contributed by atoms with van der Waals surface area (Å²) in [6.45, 7) is 0.163. The number of rotatable bonds is 3. The molecule has 6 heteroatoms. The fourth-order valence-corrected chi connectivity index (χ4v) is 4.15. The van der Waals surface area contributed by atoms with E-state index >= 15 is 0 Å². The van der Waals surface area contributed by atoms with E-state index < -0.39 is 6.09 Å². The Balaban J connectivity index is 1.70. The van der Waals surface area contributed by atoms with Crippen LogP contribution in [0.1, 0.15) is 29.2 Å². The van der Waals surface area contributed by atoms with Crippen LogP contribution in [0.3, 0.4) is 0 Å². The van der Waals surface area contributed by atoms with Crippen LogP contribution >= 0.6 is 27.5 Å². The Kier molecular flexibility index (Phi) is 5.88. The van der Waals surface area contributed by atoms with E-state index in [1.165, 1.54) is 12.1 Å². The summed E-state index contributed by atoms with van der Waals surface area (Å²) in [6.07, 6.45) is 0.902. The van der Waals surface area contributed by atoms with Gasteiger partial charge in [0.15, 0.2) is 0 Å². The number of carbonyl (C=O) groups is 1. The molecule has 3 nitrogen and oxygen atoms in total. The van der Waals surface area contributed by atoms with Crippen LogP contribution in [0.2, 0.25) is 5.02 Å². The fraction of sp³-hybridized carbons (Fsp3) is 0.174. The highest BCUT2D eigenvalue weighted by atomic mass is 79.9. The van der Waals surface area contributed by atoms with Crippen molar-refractivity contribution in [1.82, 2.24) is 0 Å². The molecule has 3 aromatic rings. The second-order valence-corrected chi connectivity index (χ2v) is 8.18. The highest BCUT2D eigenvalue weighted by molar-refractivity contribution is 9.10. The third-order valence-corrected chi connectivity index (χ3v) is 6.21. The SMILES string of the molecule is O=C(OCc1ccccc1)N1c2cc(Br)c(Cl)cc2CCC1c1cccc(F)c1. The molecule has 0 bridgehead atoms. The lowest BCUT2D eigenvalue weighted by atomic mass is 9.91. The number of nitrogens with zero attached hydrogens (tertiary/aromatic N) is 1. The molecule has 3 aromatic carbocycles. The van der Waals surface area contributed by atoms with Gasteiger partial charge in [0.1, 0.15) is 12.4 Å². The monoisotopic (exact) mass is 473 g/mol. The molecule has 1 unspecified atom stereocenters. The normalized spacial score (nSPS) is 15.7. The Morgan fingerprint density at radius 2 is 1.93 bits per heavy atom. The summed E-state index contributed by atoms with van der Waals surface area (Å²) in [5, 5.41) is 0.588. The number of benzene rings is 3. The summed E-state index contributed by atoms with van der Waals surface area (Å²) in [5.41, 5.74) is 3.32. The molecule has 0 fully saturated rings. The predicted molar refractivity (Wildman–Crippen MR) is 116 cm³/mol. The molecule has 0 saturated heterocycles. The number of hydrogen-bond acceptors (Lipinski definition) is 2. The zero-order chi connectivity index (χ0) is 20.4. The van der Waals surface area contributed by atoms with Crippen molar-refractivity contribution in [3.63, 3.8) is 0 Å². The van der Waals surface area contributed by atoms with Crippen LogP contribution in [0.25, 0.3) is 0 Å². The van der Waals surface area contributed by atoms with Gasteiger partial charge in [-0.05, 0) is 69.7 Å². The molecule has 1 aliphatic rings. The Hall–Kier alpha value is -2.37. The van der Waals surface area contributed by atoms with Gasteiger partial charge in [0.2, 0.25) is 0 Å². The number of halogens is 3. The van der Waals surface area contributed by atoms with Gasteiger partial charge in [-0.2, -0.15) is 0 Å². The van der Waals surface area contributed by atoms with Crippen LogP contribution in [0.4, 0.5) is 14.9 Å². The summed E-state index contributed by atoms with van der Waals surface area (Å²) in [4.78, 5) is 14.8. The van der Waals surface area contributed by atoms with E-state index in [0.29, 0.717) is 15.9 Å². The molecule has 4 rings (SSSR count). The fourth-order valence-electron chi connectivity index (χ4n) is 3.64. The molecule has 0 N–H and O–H groups in total. The minimum Gasteiger partial charge on any atom is -0.444 e. The minimum atomic E-state index is -0.474. The van der Waals surface area contributed by atoms with Crippen molar-refractivity contribution in [3.05, 3.63) is 98.7 Å². The second kappa shape index (κ2) is 8.56. The number of fused-ring (bicyclic) bond motifs is 1. The Labute approximate surface area is 182 Å². The first-order valence-corrected chi connectivity index (χ1v) is 10.4. The topological polar surface area (TPSA) is 29.5 Å². The summed E-state index contributed by atoms with van der Waals surface area (Å²) < 4.78 is 20.2. The van der Waals surface area contributed by atoms with Crippen molar-refractivity contribution in [2.45, 2.75) is 25.5 Å². The summed E-state index contributed by atoms with van der Waals surface area (Å²) in [5.74, 6) is -0.330. The van der Waals surface area contributed by atoms with Crippen LogP contribution in [-0.2, 0) is 17.8 Å².